The molecule has 2 aliphatic heterocycles. The molecule has 29 heavy (non-hydrogen) atoms. The van der Waals surface area contributed by atoms with Crippen molar-refractivity contribution in [2.24, 2.45) is 5.16 Å². The highest BCUT2D eigenvalue weighted by molar-refractivity contribution is 5.89. The monoisotopic (exact) mass is 397 g/mol. The van der Waals surface area contributed by atoms with Crippen LogP contribution < -0.4 is 0 Å². The van der Waals surface area contributed by atoms with Crippen molar-refractivity contribution in [2.45, 2.75) is 44.7 Å². The van der Waals surface area contributed by atoms with Gasteiger partial charge in [-0.2, -0.15) is 0 Å². The van der Waals surface area contributed by atoms with Crippen molar-refractivity contribution in [2.75, 3.05) is 6.61 Å². The average Bonchev–Trinajstić information content (AvgIpc) is 2.77. The molecule has 2 saturated heterocycles. The van der Waals surface area contributed by atoms with Crippen LogP contribution in [0.4, 0.5) is 0 Å². The lowest BCUT2D eigenvalue weighted by atomic mass is 10.0. The van der Waals surface area contributed by atoms with Crippen molar-refractivity contribution in [1.29, 1.82) is 0 Å². The van der Waals surface area contributed by atoms with Gasteiger partial charge in [-0.25, -0.2) is 4.79 Å². The Labute approximate surface area is 169 Å². The highest BCUT2D eigenvalue weighted by Crippen LogP contribution is 2.33. The van der Waals surface area contributed by atoms with E-state index in [1.54, 1.807) is 0 Å². The molecule has 2 aromatic rings. The van der Waals surface area contributed by atoms with Crippen LogP contribution in [-0.4, -0.2) is 36.8 Å². The van der Waals surface area contributed by atoms with Crippen LogP contribution in [0.3, 0.4) is 0 Å². The number of benzene rings is 2. The third-order valence-corrected chi connectivity index (χ3v) is 4.71. The second kappa shape index (κ2) is 9.28. The lowest BCUT2D eigenvalue weighted by Crippen LogP contribution is -2.52. The van der Waals surface area contributed by atoms with Crippen LogP contribution in [0.5, 0.6) is 0 Å². The summed E-state index contributed by atoms with van der Waals surface area (Å²) < 4.78 is 23.9. The summed E-state index contributed by atoms with van der Waals surface area (Å²) in [6.45, 7) is 2.01. The Morgan fingerprint density at radius 2 is 1.76 bits per heavy atom. The van der Waals surface area contributed by atoms with Crippen LogP contribution in [0.15, 0.2) is 65.8 Å². The van der Waals surface area contributed by atoms with Gasteiger partial charge in [-0.15, -0.1) is 0 Å². The Morgan fingerprint density at radius 1 is 1.03 bits per heavy atom. The highest BCUT2D eigenvalue weighted by atomic mass is 16.7. The Kier molecular flexibility index (Phi) is 6.31. The van der Waals surface area contributed by atoms with Crippen LogP contribution >= 0.6 is 0 Å². The largest absolute Gasteiger partial charge is 0.346 e. The Hall–Kier alpha value is -2.58. The molecule has 0 bridgehead atoms. The Morgan fingerprint density at radius 3 is 2.48 bits per heavy atom. The number of fused-ring (bicyclic) bond motifs is 1. The standard InChI is InChI=1S/C22H23NO6/c1-15(24)29-23-18-12-19-20(14-26-21(27-19)17-10-6-3-7-11-17)28-22(18)25-13-16-8-4-2-5-9-16/h2-11,19-22H,12-14H2,1H3/b23-18-/t19-,20+,21+,22-/m0/s1. The van der Waals surface area contributed by atoms with Crippen molar-refractivity contribution < 1.29 is 28.6 Å². The summed E-state index contributed by atoms with van der Waals surface area (Å²) in [5, 5.41) is 3.96. The van der Waals surface area contributed by atoms with Gasteiger partial charge >= 0.3 is 5.97 Å². The van der Waals surface area contributed by atoms with E-state index < -0.39 is 18.5 Å². The average molecular weight is 397 g/mol. The van der Waals surface area contributed by atoms with Crippen LogP contribution in [0.2, 0.25) is 0 Å². The van der Waals surface area contributed by atoms with E-state index in [4.69, 9.17) is 23.8 Å². The molecule has 0 spiro atoms. The number of ether oxygens (including phenoxy) is 4. The zero-order valence-corrected chi connectivity index (χ0v) is 16.1. The molecule has 0 saturated carbocycles. The van der Waals surface area contributed by atoms with Crippen LogP contribution in [-0.2, 0) is 35.2 Å². The highest BCUT2D eigenvalue weighted by Gasteiger charge is 2.42. The molecule has 0 radical (unpaired) electrons. The van der Waals surface area contributed by atoms with Crippen LogP contribution in [0.1, 0.15) is 30.8 Å². The number of rotatable bonds is 5. The van der Waals surface area contributed by atoms with Crippen LogP contribution in [0.25, 0.3) is 0 Å². The van der Waals surface area contributed by atoms with E-state index in [0.717, 1.165) is 11.1 Å². The quantitative estimate of drug-likeness (QED) is 0.569. The maximum absolute atomic E-state index is 11.2. The van der Waals surface area contributed by atoms with Crippen molar-refractivity contribution in [3.8, 4) is 0 Å². The number of carbonyl (C=O) groups excluding carboxylic acids is 1. The molecule has 4 atom stereocenters. The molecule has 0 aromatic heterocycles. The summed E-state index contributed by atoms with van der Waals surface area (Å²) in [6, 6.07) is 19.5. The topological polar surface area (TPSA) is 75.6 Å². The summed E-state index contributed by atoms with van der Waals surface area (Å²) >= 11 is 0. The van der Waals surface area contributed by atoms with E-state index in [1.807, 2.05) is 60.7 Å². The third kappa shape index (κ3) is 5.07. The number of hydrogen-bond donors (Lipinski definition) is 0. The third-order valence-electron chi connectivity index (χ3n) is 4.71. The molecule has 2 heterocycles. The first-order chi connectivity index (χ1) is 14.2. The maximum atomic E-state index is 11.2. The zero-order valence-electron chi connectivity index (χ0n) is 16.1. The molecule has 0 aliphatic carbocycles. The predicted molar refractivity (Wildman–Crippen MR) is 104 cm³/mol. The minimum atomic E-state index is -0.740. The molecule has 2 aliphatic rings. The van der Waals surface area contributed by atoms with E-state index in [2.05, 4.69) is 5.16 Å². The van der Waals surface area contributed by atoms with Gasteiger partial charge in [0.1, 0.15) is 11.8 Å². The molecule has 0 unspecified atom stereocenters. The van der Waals surface area contributed by atoms with E-state index in [-0.39, 0.29) is 12.2 Å². The van der Waals surface area contributed by atoms with Gasteiger partial charge < -0.3 is 23.8 Å². The maximum Gasteiger partial charge on any atom is 0.331 e. The van der Waals surface area contributed by atoms with Crippen molar-refractivity contribution in [3.05, 3.63) is 71.8 Å². The molecule has 0 amide bonds. The molecule has 2 fully saturated rings. The summed E-state index contributed by atoms with van der Waals surface area (Å²) in [7, 11) is 0. The molecular weight excluding hydrogens is 374 g/mol. The molecule has 4 rings (SSSR count). The SMILES string of the molecule is CC(=O)O/N=C1/C[C@@H]2O[C@H](c3ccccc3)OC[C@H]2O[C@@H]1OCc1ccccc1. The zero-order chi connectivity index (χ0) is 20.1. The first kappa shape index (κ1) is 19.7. The first-order valence-electron chi connectivity index (χ1n) is 9.56. The molecule has 7 nitrogen and oxygen atoms in total. The fraction of sp³-hybridized carbons (Fsp3) is 0.364. The van der Waals surface area contributed by atoms with Gasteiger partial charge in [-0.1, -0.05) is 65.8 Å². The Balaban J connectivity index is 1.45. The van der Waals surface area contributed by atoms with Gasteiger partial charge in [0.25, 0.3) is 0 Å². The number of nitrogens with zero attached hydrogens (tertiary/aromatic N) is 1. The molecule has 152 valence electrons. The second-order valence-corrected chi connectivity index (χ2v) is 6.92. The number of carbonyl (C=O) groups is 1. The van der Waals surface area contributed by atoms with Gasteiger partial charge in [-0.05, 0) is 5.56 Å². The van der Waals surface area contributed by atoms with Gasteiger partial charge in [0, 0.05) is 18.9 Å². The Bertz CT molecular complexity index is 841. The number of oxime groups is 1. The normalized spacial score (nSPS) is 28.0. The predicted octanol–water partition coefficient (Wildman–Crippen LogP) is 3.35. The van der Waals surface area contributed by atoms with Crippen LogP contribution in [0, 0.1) is 0 Å². The summed E-state index contributed by atoms with van der Waals surface area (Å²) in [5.74, 6) is -0.503. The minimum Gasteiger partial charge on any atom is -0.346 e. The van der Waals surface area contributed by atoms with Crippen molar-refractivity contribution in [3.63, 3.8) is 0 Å². The molecule has 0 N–H and O–H groups in total. The molecule has 7 heteroatoms. The first-order valence-corrected chi connectivity index (χ1v) is 9.56. The number of hydrogen-bond acceptors (Lipinski definition) is 7. The lowest BCUT2D eigenvalue weighted by molar-refractivity contribution is -0.294. The van der Waals surface area contributed by atoms with Gasteiger partial charge in [-0.3, -0.25) is 0 Å². The molecular formula is C22H23NO6. The van der Waals surface area contributed by atoms with Gasteiger partial charge in [0.15, 0.2) is 6.29 Å². The smallest absolute Gasteiger partial charge is 0.331 e. The fourth-order valence-corrected chi connectivity index (χ4v) is 3.29. The van der Waals surface area contributed by atoms with Gasteiger partial charge in [0.2, 0.25) is 6.29 Å². The second-order valence-electron chi connectivity index (χ2n) is 6.92. The van der Waals surface area contributed by atoms with E-state index >= 15 is 0 Å². The lowest BCUT2D eigenvalue weighted by Gasteiger charge is -2.41. The van der Waals surface area contributed by atoms with E-state index in [0.29, 0.717) is 25.3 Å². The van der Waals surface area contributed by atoms with Crippen molar-refractivity contribution >= 4 is 11.7 Å². The van der Waals surface area contributed by atoms with E-state index in [1.165, 1.54) is 6.92 Å². The summed E-state index contributed by atoms with van der Waals surface area (Å²) in [4.78, 5) is 16.1. The van der Waals surface area contributed by atoms with Crippen molar-refractivity contribution in [1.82, 2.24) is 0 Å². The molecule has 2 aromatic carbocycles. The van der Waals surface area contributed by atoms with Gasteiger partial charge in [0.05, 0.1) is 19.3 Å². The fourth-order valence-electron chi connectivity index (χ4n) is 3.29. The van der Waals surface area contributed by atoms with E-state index in [9.17, 15) is 4.79 Å². The minimum absolute atomic E-state index is 0.278. The summed E-state index contributed by atoms with van der Waals surface area (Å²) in [5.41, 5.74) is 2.42. The summed E-state index contributed by atoms with van der Waals surface area (Å²) in [6.07, 6.45) is -1.37.